The summed E-state index contributed by atoms with van der Waals surface area (Å²) in [5.41, 5.74) is 0.974. The zero-order valence-electron chi connectivity index (χ0n) is 14.3. The minimum Gasteiger partial charge on any atom is -0.369 e. The van der Waals surface area contributed by atoms with Crippen LogP contribution in [0.3, 0.4) is 0 Å². The van der Waals surface area contributed by atoms with E-state index in [-0.39, 0.29) is 17.9 Å². The van der Waals surface area contributed by atoms with E-state index in [9.17, 15) is 4.79 Å². The normalized spacial score (nSPS) is 20.1. The Morgan fingerprint density at radius 1 is 1.42 bits per heavy atom. The van der Waals surface area contributed by atoms with E-state index in [1.54, 1.807) is 12.4 Å². The summed E-state index contributed by atoms with van der Waals surface area (Å²) in [4.78, 5) is 23.2. The van der Waals surface area contributed by atoms with Gasteiger partial charge in [0.1, 0.15) is 17.7 Å². The number of pyridine rings is 1. The molecule has 128 valence electrons. The molecule has 2 atom stereocenters. The number of amides is 1. The molecule has 0 aliphatic carbocycles. The summed E-state index contributed by atoms with van der Waals surface area (Å²) in [7, 11) is 5.81. The summed E-state index contributed by atoms with van der Waals surface area (Å²) in [6.07, 6.45) is 5.81. The van der Waals surface area contributed by atoms with Gasteiger partial charge < -0.3 is 19.5 Å². The van der Waals surface area contributed by atoms with Crippen molar-refractivity contribution in [1.82, 2.24) is 19.9 Å². The van der Waals surface area contributed by atoms with E-state index < -0.39 is 0 Å². The maximum absolute atomic E-state index is 12.6. The van der Waals surface area contributed by atoms with Gasteiger partial charge in [0, 0.05) is 52.9 Å². The molecule has 1 saturated heterocycles. The monoisotopic (exact) mass is 329 g/mol. The summed E-state index contributed by atoms with van der Waals surface area (Å²) in [6, 6.07) is 3.92. The first-order chi connectivity index (χ1) is 11.6. The minimum atomic E-state index is -0.278. The van der Waals surface area contributed by atoms with E-state index in [2.05, 4.69) is 15.3 Å². The molecule has 3 heterocycles. The fourth-order valence-corrected chi connectivity index (χ4v) is 2.87. The second-order valence-electron chi connectivity index (χ2n) is 6.22. The molecule has 0 unspecified atom stereocenters. The van der Waals surface area contributed by atoms with Crippen LogP contribution >= 0.6 is 0 Å². The smallest absolute Gasteiger partial charge is 0.226 e. The predicted octanol–water partition coefficient (Wildman–Crippen LogP) is 1.28. The van der Waals surface area contributed by atoms with Gasteiger partial charge in [0.15, 0.2) is 0 Å². The Bertz CT molecular complexity index is 695. The molecule has 0 spiro atoms. The first-order valence-electron chi connectivity index (χ1n) is 8.05. The van der Waals surface area contributed by atoms with Crippen molar-refractivity contribution in [3.63, 3.8) is 0 Å². The summed E-state index contributed by atoms with van der Waals surface area (Å²) in [5.74, 6) is 1.48. The molecule has 0 radical (unpaired) electrons. The van der Waals surface area contributed by atoms with Crippen LogP contribution in [0.25, 0.3) is 0 Å². The van der Waals surface area contributed by atoms with Crippen molar-refractivity contribution in [2.45, 2.75) is 19.1 Å². The number of anilines is 1. The average molecular weight is 329 g/mol. The highest BCUT2D eigenvalue weighted by Crippen LogP contribution is 2.33. The molecule has 2 aromatic rings. The number of aryl methyl sites for hydroxylation is 1. The van der Waals surface area contributed by atoms with Crippen LogP contribution in [0.4, 0.5) is 5.82 Å². The first-order valence-corrected chi connectivity index (χ1v) is 8.05. The fraction of sp³-hybridized carbons (Fsp3) is 0.471. The highest BCUT2D eigenvalue weighted by atomic mass is 16.5. The zero-order chi connectivity index (χ0) is 17.1. The number of rotatable bonds is 5. The van der Waals surface area contributed by atoms with Gasteiger partial charge in [-0.3, -0.25) is 4.79 Å². The minimum absolute atomic E-state index is 0.00261. The van der Waals surface area contributed by atoms with Gasteiger partial charge in [-0.05, 0) is 18.1 Å². The molecular formula is C17H23N5O2. The van der Waals surface area contributed by atoms with Crippen molar-refractivity contribution in [2.75, 3.05) is 25.6 Å². The van der Waals surface area contributed by atoms with Gasteiger partial charge in [0.25, 0.3) is 0 Å². The van der Waals surface area contributed by atoms with E-state index in [0.29, 0.717) is 19.6 Å². The van der Waals surface area contributed by atoms with Crippen LogP contribution < -0.4 is 10.2 Å². The second-order valence-corrected chi connectivity index (χ2v) is 6.22. The van der Waals surface area contributed by atoms with E-state index in [1.165, 1.54) is 0 Å². The number of ether oxygens (including phenoxy) is 1. The molecule has 2 aromatic heterocycles. The Balaban J connectivity index is 1.61. The zero-order valence-corrected chi connectivity index (χ0v) is 14.3. The Kier molecular flexibility index (Phi) is 4.80. The van der Waals surface area contributed by atoms with Crippen molar-refractivity contribution in [2.24, 2.45) is 13.0 Å². The Hall–Kier alpha value is -2.41. The number of imidazole rings is 1. The van der Waals surface area contributed by atoms with Crippen LogP contribution in [0.2, 0.25) is 0 Å². The highest BCUT2D eigenvalue weighted by molar-refractivity contribution is 5.79. The standard InChI is InChI=1S/C17H23N5O2/c1-21(2)14-5-4-12(10-19-14)11-20-17(23)13-6-9-24-15(13)16-18-7-8-22(16)3/h4-5,7-8,10,13,15H,6,9,11H2,1-3H3,(H,20,23)/t13-,15-/m1/s1. The number of aromatic nitrogens is 3. The van der Waals surface area contributed by atoms with Gasteiger partial charge in [-0.1, -0.05) is 6.07 Å². The number of nitrogens with one attached hydrogen (secondary N) is 1. The second kappa shape index (κ2) is 7.00. The summed E-state index contributed by atoms with van der Waals surface area (Å²) >= 11 is 0. The summed E-state index contributed by atoms with van der Waals surface area (Å²) in [5, 5.41) is 2.99. The van der Waals surface area contributed by atoms with E-state index in [4.69, 9.17) is 4.74 Å². The molecule has 0 saturated carbocycles. The van der Waals surface area contributed by atoms with Crippen molar-refractivity contribution in [3.8, 4) is 0 Å². The van der Waals surface area contributed by atoms with E-state index in [1.807, 2.05) is 48.9 Å². The van der Waals surface area contributed by atoms with Crippen LogP contribution in [0.1, 0.15) is 23.9 Å². The lowest BCUT2D eigenvalue weighted by atomic mass is 9.99. The third-order valence-corrected chi connectivity index (χ3v) is 4.28. The molecule has 7 nitrogen and oxygen atoms in total. The molecule has 0 bridgehead atoms. The first kappa shape index (κ1) is 16.4. The van der Waals surface area contributed by atoms with Crippen molar-refractivity contribution in [3.05, 3.63) is 42.1 Å². The SMILES string of the molecule is CN(C)c1ccc(CNC(=O)[C@@H]2CCO[C@H]2c2nccn2C)cn1. The Labute approximate surface area is 141 Å². The van der Waals surface area contributed by atoms with Gasteiger partial charge in [0.2, 0.25) is 5.91 Å². The molecule has 1 aliphatic rings. The van der Waals surface area contributed by atoms with Crippen molar-refractivity contribution >= 4 is 11.7 Å². The van der Waals surface area contributed by atoms with Gasteiger partial charge in [-0.2, -0.15) is 0 Å². The van der Waals surface area contributed by atoms with Crippen LogP contribution in [-0.4, -0.2) is 41.1 Å². The maximum atomic E-state index is 12.6. The molecule has 1 amide bonds. The number of nitrogens with zero attached hydrogens (tertiary/aromatic N) is 4. The summed E-state index contributed by atoms with van der Waals surface area (Å²) < 4.78 is 7.65. The largest absolute Gasteiger partial charge is 0.369 e. The lowest BCUT2D eigenvalue weighted by Crippen LogP contribution is -2.32. The molecule has 3 rings (SSSR count). The number of carbonyl (C=O) groups is 1. The summed E-state index contributed by atoms with van der Waals surface area (Å²) in [6.45, 7) is 1.04. The van der Waals surface area contributed by atoms with Crippen LogP contribution in [0.15, 0.2) is 30.7 Å². The number of hydrogen-bond acceptors (Lipinski definition) is 5. The van der Waals surface area contributed by atoms with Crippen LogP contribution in [0, 0.1) is 5.92 Å². The number of hydrogen-bond donors (Lipinski definition) is 1. The average Bonchev–Trinajstić information content (AvgIpc) is 3.21. The van der Waals surface area contributed by atoms with Crippen LogP contribution in [0.5, 0.6) is 0 Å². The van der Waals surface area contributed by atoms with Crippen molar-refractivity contribution in [1.29, 1.82) is 0 Å². The third kappa shape index (κ3) is 3.41. The number of carbonyl (C=O) groups excluding carboxylic acids is 1. The molecule has 7 heteroatoms. The molecule has 24 heavy (non-hydrogen) atoms. The molecule has 0 aromatic carbocycles. The van der Waals surface area contributed by atoms with Gasteiger partial charge in [-0.25, -0.2) is 9.97 Å². The molecular weight excluding hydrogens is 306 g/mol. The third-order valence-electron chi connectivity index (χ3n) is 4.28. The highest BCUT2D eigenvalue weighted by Gasteiger charge is 2.37. The topological polar surface area (TPSA) is 72.3 Å². The van der Waals surface area contributed by atoms with Gasteiger partial charge in [0.05, 0.1) is 5.92 Å². The predicted molar refractivity (Wildman–Crippen MR) is 90.4 cm³/mol. The Morgan fingerprint density at radius 3 is 2.88 bits per heavy atom. The lowest BCUT2D eigenvalue weighted by Gasteiger charge is -2.18. The molecule has 1 fully saturated rings. The Morgan fingerprint density at radius 2 is 2.25 bits per heavy atom. The van der Waals surface area contributed by atoms with Gasteiger partial charge in [-0.15, -0.1) is 0 Å². The van der Waals surface area contributed by atoms with E-state index >= 15 is 0 Å². The van der Waals surface area contributed by atoms with E-state index in [0.717, 1.165) is 17.2 Å². The van der Waals surface area contributed by atoms with Crippen molar-refractivity contribution < 1.29 is 9.53 Å². The molecule has 1 aliphatic heterocycles. The lowest BCUT2D eigenvalue weighted by molar-refractivity contribution is -0.127. The quantitative estimate of drug-likeness (QED) is 0.894. The van der Waals surface area contributed by atoms with Crippen LogP contribution in [-0.2, 0) is 23.1 Å². The van der Waals surface area contributed by atoms with Gasteiger partial charge >= 0.3 is 0 Å². The fourth-order valence-electron chi connectivity index (χ4n) is 2.87. The molecule has 1 N–H and O–H groups in total. The maximum Gasteiger partial charge on any atom is 0.226 e.